The maximum atomic E-state index is 11.2. The molecule has 1 rings (SSSR count). The van der Waals surface area contributed by atoms with Crippen LogP contribution in [0, 0.1) is 0 Å². The minimum absolute atomic E-state index is 0. The fraction of sp³-hybridized carbons (Fsp3) is 1.00. The van der Waals surface area contributed by atoms with Crippen LogP contribution in [0.15, 0.2) is 0 Å². The van der Waals surface area contributed by atoms with Gasteiger partial charge in [0.1, 0.15) is 15.4 Å². The van der Waals surface area contributed by atoms with Gasteiger partial charge in [-0.2, -0.15) is 0 Å². The van der Waals surface area contributed by atoms with Gasteiger partial charge in [0.2, 0.25) is 0 Å². The van der Waals surface area contributed by atoms with Gasteiger partial charge in [0.15, 0.2) is 0 Å². The fourth-order valence-electron chi connectivity index (χ4n) is 1.79. The van der Waals surface area contributed by atoms with Crippen LogP contribution in [-0.4, -0.2) is 48.4 Å². The summed E-state index contributed by atoms with van der Waals surface area (Å²) in [5.74, 6) is 0. The smallest absolute Gasteiger partial charge is 0.150 e. The Morgan fingerprint density at radius 3 is 2.40 bits per heavy atom. The third-order valence-electron chi connectivity index (χ3n) is 2.96. The predicted octanol–water partition coefficient (Wildman–Crippen LogP) is -0.944. The van der Waals surface area contributed by atoms with Crippen LogP contribution >= 0.6 is 12.4 Å². The lowest BCUT2D eigenvalue weighted by atomic mass is 9.82. The Bertz CT molecular complexity index is 308. The molecule has 0 amide bonds. The molecule has 0 aromatic heterocycles. The minimum Gasteiger partial charge on any atom is -0.390 e. The second-order valence-corrected chi connectivity index (χ2v) is 6.38. The van der Waals surface area contributed by atoms with Crippen molar-refractivity contribution in [2.24, 2.45) is 5.73 Å². The zero-order valence-electron chi connectivity index (χ0n) is 8.59. The van der Waals surface area contributed by atoms with Crippen LogP contribution in [0.25, 0.3) is 0 Å². The number of hydrogen-bond acceptors (Lipinski definition) is 5. The fourth-order valence-corrected chi connectivity index (χ4v) is 2.87. The highest BCUT2D eigenvalue weighted by Crippen LogP contribution is 2.31. The SMILES string of the molecule is CS(=O)(=O)[C@@H]1CC[C@@](O)(CN)[C@H](O)C1.Cl. The molecule has 7 heteroatoms. The van der Waals surface area contributed by atoms with E-state index in [-0.39, 0.29) is 31.8 Å². The zero-order valence-corrected chi connectivity index (χ0v) is 10.2. The van der Waals surface area contributed by atoms with Crippen LogP contribution < -0.4 is 5.73 Å². The molecular weight excluding hydrogens is 242 g/mol. The van der Waals surface area contributed by atoms with Crippen LogP contribution in [0.1, 0.15) is 19.3 Å². The lowest BCUT2D eigenvalue weighted by Crippen LogP contribution is -2.54. The average Bonchev–Trinajstić information content (AvgIpc) is 2.08. The van der Waals surface area contributed by atoms with Crippen molar-refractivity contribution in [3.05, 3.63) is 0 Å². The zero-order chi connectivity index (χ0) is 11.0. The molecule has 0 saturated heterocycles. The van der Waals surface area contributed by atoms with E-state index in [2.05, 4.69) is 0 Å². The Labute approximate surface area is 96.0 Å². The third-order valence-corrected chi connectivity index (χ3v) is 4.60. The van der Waals surface area contributed by atoms with Crippen LogP contribution in [0.5, 0.6) is 0 Å². The Hall–Kier alpha value is 0.120. The van der Waals surface area contributed by atoms with Crippen molar-refractivity contribution in [3.63, 3.8) is 0 Å². The molecule has 0 aromatic carbocycles. The van der Waals surface area contributed by atoms with Crippen molar-refractivity contribution in [1.29, 1.82) is 0 Å². The van der Waals surface area contributed by atoms with E-state index in [0.717, 1.165) is 6.26 Å². The van der Waals surface area contributed by atoms with Crippen molar-refractivity contribution in [3.8, 4) is 0 Å². The minimum atomic E-state index is -3.13. The maximum Gasteiger partial charge on any atom is 0.150 e. The third kappa shape index (κ3) is 3.29. The number of halogens is 1. The van der Waals surface area contributed by atoms with Gasteiger partial charge in [-0.3, -0.25) is 0 Å². The van der Waals surface area contributed by atoms with E-state index in [1.807, 2.05) is 0 Å². The molecule has 92 valence electrons. The van der Waals surface area contributed by atoms with E-state index in [1.165, 1.54) is 0 Å². The summed E-state index contributed by atoms with van der Waals surface area (Å²) in [5.41, 5.74) is 4.02. The Morgan fingerprint density at radius 2 is 2.07 bits per heavy atom. The predicted molar refractivity (Wildman–Crippen MR) is 59.7 cm³/mol. The highest BCUT2D eigenvalue weighted by molar-refractivity contribution is 7.91. The molecule has 1 aliphatic carbocycles. The van der Waals surface area contributed by atoms with E-state index in [4.69, 9.17) is 5.73 Å². The molecule has 0 spiro atoms. The monoisotopic (exact) mass is 259 g/mol. The Balaban J connectivity index is 0.00000196. The van der Waals surface area contributed by atoms with E-state index in [1.54, 1.807) is 0 Å². The molecule has 3 atom stereocenters. The van der Waals surface area contributed by atoms with Crippen LogP contribution in [0.3, 0.4) is 0 Å². The molecular formula is C8H18ClNO4S. The molecule has 0 radical (unpaired) electrons. The van der Waals surface area contributed by atoms with Gasteiger partial charge < -0.3 is 15.9 Å². The standard InChI is InChI=1S/C8H17NO4S.ClH/c1-14(12,13)6-2-3-8(11,5-9)7(10)4-6;/h6-7,10-11H,2-5,9H2,1H3;1H/t6-,7-,8-;/m1./s1. The summed E-state index contributed by atoms with van der Waals surface area (Å²) in [4.78, 5) is 0. The van der Waals surface area contributed by atoms with Gasteiger partial charge in [-0.1, -0.05) is 0 Å². The Kier molecular flexibility index (Phi) is 5.01. The summed E-state index contributed by atoms with van der Waals surface area (Å²) < 4.78 is 22.4. The summed E-state index contributed by atoms with van der Waals surface area (Å²) in [6.07, 6.45) is 0.788. The van der Waals surface area contributed by atoms with Gasteiger partial charge >= 0.3 is 0 Å². The summed E-state index contributed by atoms with van der Waals surface area (Å²) in [5, 5.41) is 18.8. The molecule has 0 unspecified atom stereocenters. The highest BCUT2D eigenvalue weighted by atomic mass is 35.5. The molecule has 0 aromatic rings. The van der Waals surface area contributed by atoms with Crippen molar-refractivity contribution >= 4 is 22.2 Å². The molecule has 0 bridgehead atoms. The van der Waals surface area contributed by atoms with E-state index >= 15 is 0 Å². The molecule has 0 heterocycles. The molecule has 15 heavy (non-hydrogen) atoms. The van der Waals surface area contributed by atoms with Crippen molar-refractivity contribution in [1.82, 2.24) is 0 Å². The molecule has 1 saturated carbocycles. The van der Waals surface area contributed by atoms with E-state index in [9.17, 15) is 18.6 Å². The summed E-state index contributed by atoms with van der Waals surface area (Å²) in [6.45, 7) is -0.0371. The number of sulfone groups is 1. The van der Waals surface area contributed by atoms with Gasteiger partial charge in [-0.25, -0.2) is 8.42 Å². The lowest BCUT2D eigenvalue weighted by molar-refractivity contribution is -0.0915. The topological polar surface area (TPSA) is 101 Å². The first-order valence-corrected chi connectivity index (χ1v) is 6.54. The van der Waals surface area contributed by atoms with Gasteiger partial charge in [0, 0.05) is 12.8 Å². The van der Waals surface area contributed by atoms with Crippen molar-refractivity contribution in [2.75, 3.05) is 12.8 Å². The second kappa shape index (κ2) is 4.97. The van der Waals surface area contributed by atoms with Crippen LogP contribution in [0.2, 0.25) is 0 Å². The average molecular weight is 260 g/mol. The van der Waals surface area contributed by atoms with Gasteiger partial charge in [0.25, 0.3) is 0 Å². The number of hydrogen-bond donors (Lipinski definition) is 3. The number of aliphatic hydroxyl groups is 2. The number of nitrogens with two attached hydrogens (primary N) is 1. The molecule has 0 aliphatic heterocycles. The second-order valence-electron chi connectivity index (χ2n) is 4.05. The van der Waals surface area contributed by atoms with E-state index < -0.39 is 26.8 Å². The first-order chi connectivity index (χ1) is 6.29. The lowest BCUT2D eigenvalue weighted by Gasteiger charge is -2.38. The van der Waals surface area contributed by atoms with Gasteiger partial charge in [-0.05, 0) is 19.3 Å². The van der Waals surface area contributed by atoms with E-state index in [0.29, 0.717) is 6.42 Å². The van der Waals surface area contributed by atoms with Crippen molar-refractivity contribution < 1.29 is 18.6 Å². The molecule has 4 N–H and O–H groups in total. The summed E-state index contributed by atoms with van der Waals surface area (Å²) in [7, 11) is -3.13. The maximum absolute atomic E-state index is 11.2. The quantitative estimate of drug-likeness (QED) is 0.594. The first kappa shape index (κ1) is 15.1. The molecule has 5 nitrogen and oxygen atoms in total. The van der Waals surface area contributed by atoms with Gasteiger partial charge in [0.05, 0.1) is 11.4 Å². The highest BCUT2D eigenvalue weighted by Gasteiger charge is 2.42. The normalized spacial score (nSPS) is 37.1. The number of aliphatic hydroxyl groups excluding tert-OH is 1. The summed E-state index contributed by atoms with van der Waals surface area (Å²) >= 11 is 0. The van der Waals surface area contributed by atoms with Gasteiger partial charge in [-0.15, -0.1) is 12.4 Å². The molecule has 1 aliphatic rings. The largest absolute Gasteiger partial charge is 0.390 e. The Morgan fingerprint density at radius 1 is 1.53 bits per heavy atom. The van der Waals surface area contributed by atoms with Crippen LogP contribution in [-0.2, 0) is 9.84 Å². The number of rotatable bonds is 2. The van der Waals surface area contributed by atoms with Crippen LogP contribution in [0.4, 0.5) is 0 Å². The first-order valence-electron chi connectivity index (χ1n) is 4.59. The molecule has 1 fully saturated rings. The van der Waals surface area contributed by atoms with Crippen molar-refractivity contribution in [2.45, 2.75) is 36.2 Å². The summed E-state index contributed by atoms with van der Waals surface area (Å²) in [6, 6.07) is 0.